The average Bonchev–Trinajstić information content (AvgIpc) is 2.71. The van der Waals surface area contributed by atoms with Gasteiger partial charge in [-0.15, -0.1) is 0 Å². The van der Waals surface area contributed by atoms with Crippen LogP contribution in [0.25, 0.3) is 0 Å². The molecule has 0 aliphatic heterocycles. The summed E-state index contributed by atoms with van der Waals surface area (Å²) in [6, 6.07) is 0. The van der Waals surface area contributed by atoms with Gasteiger partial charge in [0.1, 0.15) is 4.90 Å². The Morgan fingerprint density at radius 1 is 1.26 bits per heavy atom. The highest BCUT2D eigenvalue weighted by molar-refractivity contribution is 7.89. The van der Waals surface area contributed by atoms with Crippen molar-refractivity contribution >= 4 is 15.8 Å². The van der Waals surface area contributed by atoms with E-state index in [9.17, 15) is 8.42 Å². The molecular weight excluding hydrogens is 264 g/mol. The molecule has 0 aromatic carbocycles. The van der Waals surface area contributed by atoms with Crippen LogP contribution in [-0.4, -0.2) is 24.7 Å². The highest BCUT2D eigenvalue weighted by Gasteiger charge is 2.20. The Hall–Kier alpha value is -1.08. The average molecular weight is 288 g/mol. The van der Waals surface area contributed by atoms with E-state index in [1.54, 1.807) is 4.68 Å². The zero-order chi connectivity index (χ0) is 14.3. The highest BCUT2D eigenvalue weighted by atomic mass is 32.2. The quantitative estimate of drug-likeness (QED) is 0.677. The molecule has 6 nitrogen and oxygen atoms in total. The van der Waals surface area contributed by atoms with E-state index in [-0.39, 0.29) is 10.7 Å². The summed E-state index contributed by atoms with van der Waals surface area (Å²) in [5.41, 5.74) is 5.66. The van der Waals surface area contributed by atoms with Crippen LogP contribution in [0.15, 0.2) is 11.1 Å². The van der Waals surface area contributed by atoms with Crippen molar-refractivity contribution in [3.8, 4) is 0 Å². The molecule has 7 heteroatoms. The first kappa shape index (κ1) is 16.0. The number of unbranched alkanes of at least 4 members (excludes halogenated alkanes) is 3. The van der Waals surface area contributed by atoms with Gasteiger partial charge >= 0.3 is 0 Å². The maximum absolute atomic E-state index is 12.1. The molecule has 19 heavy (non-hydrogen) atoms. The maximum atomic E-state index is 12.1. The Bertz CT molecular complexity index is 482. The largest absolute Gasteiger partial charge is 0.381 e. The zero-order valence-corrected chi connectivity index (χ0v) is 12.5. The number of sulfonamides is 1. The second-order valence-electron chi connectivity index (χ2n) is 4.60. The normalized spacial score (nSPS) is 11.9. The van der Waals surface area contributed by atoms with Crippen molar-refractivity contribution in [3.63, 3.8) is 0 Å². The monoisotopic (exact) mass is 288 g/mol. The second kappa shape index (κ2) is 7.49. The third kappa shape index (κ3) is 4.83. The summed E-state index contributed by atoms with van der Waals surface area (Å²) in [6.45, 7) is 5.22. The van der Waals surface area contributed by atoms with Crippen molar-refractivity contribution in [2.45, 2.75) is 57.4 Å². The van der Waals surface area contributed by atoms with E-state index in [1.165, 1.54) is 6.20 Å². The topological polar surface area (TPSA) is 90.0 Å². The number of nitrogens with two attached hydrogens (primary N) is 1. The molecule has 0 aliphatic carbocycles. The Morgan fingerprint density at radius 3 is 2.63 bits per heavy atom. The van der Waals surface area contributed by atoms with Crippen molar-refractivity contribution in [1.29, 1.82) is 0 Å². The van der Waals surface area contributed by atoms with E-state index >= 15 is 0 Å². The fraction of sp³-hybridized carbons (Fsp3) is 0.750. The van der Waals surface area contributed by atoms with Gasteiger partial charge in [-0.05, 0) is 12.8 Å². The third-order valence-corrected chi connectivity index (χ3v) is 4.30. The molecule has 1 aromatic rings. The number of nitrogens with zero attached hydrogens (tertiary/aromatic N) is 2. The Morgan fingerprint density at radius 2 is 2.00 bits per heavy atom. The summed E-state index contributed by atoms with van der Waals surface area (Å²) in [6.07, 6.45) is 6.50. The van der Waals surface area contributed by atoms with Gasteiger partial charge in [0, 0.05) is 19.3 Å². The summed E-state index contributed by atoms with van der Waals surface area (Å²) in [5.74, 6) is 0.0644. The summed E-state index contributed by atoms with van der Waals surface area (Å²) in [5, 5.41) is 4.00. The van der Waals surface area contributed by atoms with Crippen molar-refractivity contribution < 1.29 is 8.42 Å². The molecule has 0 aliphatic rings. The minimum absolute atomic E-state index is 0.0644. The first-order valence-electron chi connectivity index (χ1n) is 6.83. The molecule has 0 radical (unpaired) electrons. The molecule has 0 saturated carbocycles. The molecule has 3 N–H and O–H groups in total. The van der Waals surface area contributed by atoms with E-state index in [4.69, 9.17) is 5.73 Å². The van der Waals surface area contributed by atoms with Crippen LogP contribution < -0.4 is 10.5 Å². The van der Waals surface area contributed by atoms with Crippen LogP contribution >= 0.6 is 0 Å². The molecule has 1 heterocycles. The van der Waals surface area contributed by atoms with E-state index < -0.39 is 10.0 Å². The van der Waals surface area contributed by atoms with E-state index in [0.717, 1.165) is 32.1 Å². The summed E-state index contributed by atoms with van der Waals surface area (Å²) >= 11 is 0. The van der Waals surface area contributed by atoms with Crippen LogP contribution in [0.4, 0.5) is 5.82 Å². The summed E-state index contributed by atoms with van der Waals surface area (Å²) in [4.78, 5) is 0.0800. The first-order valence-corrected chi connectivity index (χ1v) is 8.32. The maximum Gasteiger partial charge on any atom is 0.245 e. The lowest BCUT2D eigenvalue weighted by atomic mass is 10.2. The molecule has 0 amide bonds. The number of hydrogen-bond acceptors (Lipinski definition) is 4. The van der Waals surface area contributed by atoms with Crippen LogP contribution in [0.3, 0.4) is 0 Å². The lowest BCUT2D eigenvalue weighted by Crippen LogP contribution is -2.25. The van der Waals surface area contributed by atoms with Crippen molar-refractivity contribution in [3.05, 3.63) is 6.20 Å². The van der Waals surface area contributed by atoms with Gasteiger partial charge in [-0.1, -0.05) is 33.1 Å². The molecule has 1 rings (SSSR count). The number of nitrogens with one attached hydrogen (secondary N) is 1. The summed E-state index contributed by atoms with van der Waals surface area (Å²) in [7, 11) is -3.53. The summed E-state index contributed by atoms with van der Waals surface area (Å²) < 4.78 is 28.3. The van der Waals surface area contributed by atoms with Crippen LogP contribution in [-0.2, 0) is 16.6 Å². The number of hydrogen-bond donors (Lipinski definition) is 2. The van der Waals surface area contributed by atoms with Crippen LogP contribution in [0.2, 0.25) is 0 Å². The molecule has 0 unspecified atom stereocenters. The predicted molar refractivity (Wildman–Crippen MR) is 76.3 cm³/mol. The number of anilines is 1. The van der Waals surface area contributed by atoms with E-state index in [2.05, 4.69) is 16.7 Å². The van der Waals surface area contributed by atoms with Crippen LogP contribution in [0, 0.1) is 0 Å². The van der Waals surface area contributed by atoms with Gasteiger partial charge in [-0.25, -0.2) is 13.1 Å². The Kier molecular flexibility index (Phi) is 6.30. The van der Waals surface area contributed by atoms with Gasteiger partial charge in [0.05, 0.1) is 0 Å². The third-order valence-electron chi connectivity index (χ3n) is 2.82. The number of aryl methyl sites for hydroxylation is 1. The molecule has 0 saturated heterocycles. The van der Waals surface area contributed by atoms with Gasteiger partial charge in [0.25, 0.3) is 0 Å². The Balaban J connectivity index is 2.61. The van der Waals surface area contributed by atoms with Gasteiger partial charge in [-0.3, -0.25) is 4.68 Å². The van der Waals surface area contributed by atoms with Gasteiger partial charge in [-0.2, -0.15) is 5.10 Å². The highest BCUT2D eigenvalue weighted by Crippen LogP contribution is 2.16. The predicted octanol–water partition coefficient (Wildman–Crippen LogP) is 1.73. The molecule has 1 aromatic heterocycles. The molecule has 0 bridgehead atoms. The number of rotatable bonds is 9. The second-order valence-corrected chi connectivity index (χ2v) is 6.34. The van der Waals surface area contributed by atoms with Gasteiger partial charge in [0.15, 0.2) is 5.82 Å². The van der Waals surface area contributed by atoms with Crippen LogP contribution in [0.1, 0.15) is 46.0 Å². The molecule has 0 spiro atoms. The molecular formula is C12H24N4O2S. The van der Waals surface area contributed by atoms with Crippen LogP contribution in [0.5, 0.6) is 0 Å². The first-order chi connectivity index (χ1) is 9.01. The smallest absolute Gasteiger partial charge is 0.245 e. The number of nitrogen functional groups attached to an aromatic ring is 1. The SMILES string of the molecule is CCCCCCNS(=O)(=O)c1cn(CCC)nc1N. The van der Waals surface area contributed by atoms with Crippen molar-refractivity contribution in [1.82, 2.24) is 14.5 Å². The van der Waals surface area contributed by atoms with Crippen molar-refractivity contribution in [2.24, 2.45) is 0 Å². The van der Waals surface area contributed by atoms with Gasteiger partial charge in [0.2, 0.25) is 10.0 Å². The minimum Gasteiger partial charge on any atom is -0.381 e. The molecule has 0 atom stereocenters. The lowest BCUT2D eigenvalue weighted by molar-refractivity contribution is 0.572. The molecule has 0 fully saturated rings. The zero-order valence-electron chi connectivity index (χ0n) is 11.7. The lowest BCUT2D eigenvalue weighted by Gasteiger charge is -2.04. The fourth-order valence-electron chi connectivity index (χ4n) is 1.80. The van der Waals surface area contributed by atoms with E-state index in [1.807, 2.05) is 6.92 Å². The molecule has 110 valence electrons. The van der Waals surface area contributed by atoms with Gasteiger partial charge < -0.3 is 5.73 Å². The number of aromatic nitrogens is 2. The Labute approximate surface area is 115 Å². The van der Waals surface area contributed by atoms with E-state index in [0.29, 0.717) is 13.1 Å². The van der Waals surface area contributed by atoms with Crippen molar-refractivity contribution in [2.75, 3.05) is 12.3 Å². The fourth-order valence-corrected chi connectivity index (χ4v) is 2.95. The standard InChI is InChI=1S/C12H24N4O2S/c1-3-5-6-7-8-14-19(17,18)11-10-16(9-4-2)15-12(11)13/h10,14H,3-9H2,1-2H3,(H2,13,15). The minimum atomic E-state index is -3.53.